The van der Waals surface area contributed by atoms with Gasteiger partial charge in [0.25, 0.3) is 0 Å². The molecule has 0 aliphatic rings. The summed E-state index contributed by atoms with van der Waals surface area (Å²) in [4.78, 5) is 1.46. The molecule has 0 radical (unpaired) electrons. The second-order valence-corrected chi connectivity index (χ2v) is 8.22. The first-order valence-corrected chi connectivity index (χ1v) is 10.1. The minimum atomic E-state index is 0.333. The molecule has 0 aliphatic heterocycles. The van der Waals surface area contributed by atoms with Gasteiger partial charge in [-0.15, -0.1) is 11.3 Å². The molecule has 128 valence electrons. The van der Waals surface area contributed by atoms with Crippen LogP contribution in [0.5, 0.6) is 0 Å². The summed E-state index contributed by atoms with van der Waals surface area (Å²) < 4.78 is 0. The third-order valence-corrected chi connectivity index (χ3v) is 4.63. The van der Waals surface area contributed by atoms with Gasteiger partial charge in [-0.05, 0) is 44.7 Å². The molecule has 0 aromatic carbocycles. The van der Waals surface area contributed by atoms with Crippen molar-refractivity contribution in [2.75, 3.05) is 0 Å². The molecule has 0 saturated carbocycles. The van der Waals surface area contributed by atoms with E-state index in [1.807, 2.05) is 39.0 Å². The van der Waals surface area contributed by atoms with Crippen molar-refractivity contribution < 1.29 is 0 Å². The lowest BCUT2D eigenvalue weighted by Crippen LogP contribution is -2.08. The first-order valence-electron chi connectivity index (χ1n) is 8.28. The predicted molar refractivity (Wildman–Crippen MR) is 109 cm³/mol. The van der Waals surface area contributed by atoms with E-state index in [0.29, 0.717) is 10.8 Å². The Bertz CT molecular complexity index is 379. The molecule has 0 unspecified atom stereocenters. The summed E-state index contributed by atoms with van der Waals surface area (Å²) in [5.74, 6) is 0. The van der Waals surface area contributed by atoms with Crippen molar-refractivity contribution in [2.45, 2.75) is 80.1 Å². The highest BCUT2D eigenvalue weighted by atomic mass is 32.1. The summed E-state index contributed by atoms with van der Waals surface area (Å²) in [6.07, 6.45) is 0. The van der Waals surface area contributed by atoms with Crippen LogP contribution in [-0.2, 0) is 10.8 Å². The third kappa shape index (κ3) is 10.2. The van der Waals surface area contributed by atoms with E-state index in [1.54, 1.807) is 11.3 Å². The van der Waals surface area contributed by atoms with E-state index >= 15 is 0 Å². The molecule has 0 saturated heterocycles. The average Bonchev–Trinajstić information content (AvgIpc) is 3.16. The summed E-state index contributed by atoms with van der Waals surface area (Å²) in [6.45, 7) is 21.4. The van der Waals surface area contributed by atoms with Crippen LogP contribution in [0.1, 0.15) is 79.7 Å². The van der Waals surface area contributed by atoms with Crippen LogP contribution < -0.4 is 0 Å². The van der Waals surface area contributed by atoms with Crippen LogP contribution in [0.3, 0.4) is 0 Å². The molecule has 2 aromatic heterocycles. The smallest absolute Gasteiger partial charge is 0.00987 e. The second-order valence-electron chi connectivity index (χ2n) is 6.49. The summed E-state index contributed by atoms with van der Waals surface area (Å²) in [5, 5.41) is 6.46. The molecular weight excluding hydrogens is 304 g/mol. The lowest BCUT2D eigenvalue weighted by atomic mass is 9.90. The third-order valence-electron chi connectivity index (χ3n) is 2.65. The van der Waals surface area contributed by atoms with Crippen molar-refractivity contribution >= 4 is 22.7 Å². The SMILES string of the molecule is CC.CC.CC(C)(C)c1cccs1.CC(C)(C)c1ccsc1. The Balaban J connectivity index is 0. The van der Waals surface area contributed by atoms with Crippen molar-refractivity contribution in [1.82, 2.24) is 0 Å². The van der Waals surface area contributed by atoms with E-state index in [1.165, 1.54) is 10.4 Å². The summed E-state index contributed by atoms with van der Waals surface area (Å²) in [6, 6.07) is 6.47. The van der Waals surface area contributed by atoms with Gasteiger partial charge in [-0.2, -0.15) is 11.3 Å². The molecule has 0 N–H and O–H groups in total. The lowest BCUT2D eigenvalue weighted by molar-refractivity contribution is 0.593. The predicted octanol–water partition coefficient (Wildman–Crippen LogP) is 8.14. The molecule has 0 nitrogen and oxygen atoms in total. The van der Waals surface area contributed by atoms with Crippen LogP contribution in [-0.4, -0.2) is 0 Å². The molecule has 2 rings (SSSR count). The van der Waals surface area contributed by atoms with Crippen molar-refractivity contribution in [3.05, 3.63) is 44.8 Å². The quantitative estimate of drug-likeness (QED) is 0.454. The largest absolute Gasteiger partial charge is 0.152 e. The Labute approximate surface area is 147 Å². The van der Waals surface area contributed by atoms with E-state index in [-0.39, 0.29) is 0 Å². The topological polar surface area (TPSA) is 0 Å². The van der Waals surface area contributed by atoms with Crippen molar-refractivity contribution in [3.8, 4) is 0 Å². The van der Waals surface area contributed by atoms with E-state index < -0.39 is 0 Å². The summed E-state index contributed by atoms with van der Waals surface area (Å²) >= 11 is 3.60. The fraction of sp³-hybridized carbons (Fsp3) is 0.600. The highest BCUT2D eigenvalue weighted by Crippen LogP contribution is 2.26. The number of hydrogen-bond acceptors (Lipinski definition) is 2. The summed E-state index contributed by atoms with van der Waals surface area (Å²) in [5.41, 5.74) is 2.11. The van der Waals surface area contributed by atoms with E-state index in [4.69, 9.17) is 0 Å². The van der Waals surface area contributed by atoms with E-state index in [2.05, 4.69) is 75.9 Å². The highest BCUT2D eigenvalue weighted by Gasteiger charge is 2.13. The normalized spacial score (nSPS) is 10.3. The van der Waals surface area contributed by atoms with Gasteiger partial charge in [0.05, 0.1) is 0 Å². The zero-order chi connectivity index (χ0) is 17.8. The van der Waals surface area contributed by atoms with E-state index in [9.17, 15) is 0 Å². The van der Waals surface area contributed by atoms with Gasteiger partial charge in [0.2, 0.25) is 0 Å². The molecule has 0 bridgehead atoms. The number of thiophene rings is 2. The van der Waals surface area contributed by atoms with Gasteiger partial charge in [0, 0.05) is 4.88 Å². The number of hydrogen-bond donors (Lipinski definition) is 0. The Morgan fingerprint density at radius 2 is 1.27 bits per heavy atom. The maximum atomic E-state index is 2.23. The van der Waals surface area contributed by atoms with Crippen LogP contribution in [0.2, 0.25) is 0 Å². The average molecular weight is 341 g/mol. The monoisotopic (exact) mass is 340 g/mol. The minimum absolute atomic E-state index is 0.333. The molecule has 0 fully saturated rings. The fourth-order valence-electron chi connectivity index (χ4n) is 1.40. The van der Waals surface area contributed by atoms with Crippen LogP contribution in [0.25, 0.3) is 0 Å². The molecule has 0 aliphatic carbocycles. The van der Waals surface area contributed by atoms with Gasteiger partial charge in [-0.1, -0.05) is 75.3 Å². The molecule has 2 aromatic rings. The van der Waals surface area contributed by atoms with Crippen molar-refractivity contribution in [1.29, 1.82) is 0 Å². The molecular formula is C20H36S2. The molecule has 22 heavy (non-hydrogen) atoms. The van der Waals surface area contributed by atoms with Gasteiger partial charge in [-0.3, -0.25) is 0 Å². The Morgan fingerprint density at radius 3 is 1.45 bits per heavy atom. The van der Waals surface area contributed by atoms with Crippen LogP contribution in [0.15, 0.2) is 34.3 Å². The maximum Gasteiger partial charge on any atom is 0.00987 e. The van der Waals surface area contributed by atoms with Crippen molar-refractivity contribution in [2.24, 2.45) is 0 Å². The van der Waals surface area contributed by atoms with Crippen LogP contribution in [0.4, 0.5) is 0 Å². The van der Waals surface area contributed by atoms with Gasteiger partial charge < -0.3 is 0 Å². The van der Waals surface area contributed by atoms with Crippen LogP contribution >= 0.6 is 22.7 Å². The van der Waals surface area contributed by atoms with Crippen molar-refractivity contribution in [3.63, 3.8) is 0 Å². The highest BCUT2D eigenvalue weighted by molar-refractivity contribution is 7.10. The Hall–Kier alpha value is -0.600. The maximum absolute atomic E-state index is 2.23. The zero-order valence-electron chi connectivity index (χ0n) is 16.3. The molecule has 0 amide bonds. The Morgan fingerprint density at radius 1 is 0.727 bits per heavy atom. The standard InChI is InChI=1S/2C8H12S.2C2H6/c1-8(2,3)7-4-5-9-6-7;1-8(2,3)7-5-4-6-9-7;2*1-2/h2*4-6H,1-3H3;2*1-2H3. The first kappa shape index (κ1) is 23.7. The second kappa shape index (κ2) is 11.9. The molecule has 2 heterocycles. The Kier molecular flexibility index (Phi) is 12.8. The van der Waals surface area contributed by atoms with E-state index in [0.717, 1.165) is 0 Å². The van der Waals surface area contributed by atoms with Crippen LogP contribution in [0, 0.1) is 0 Å². The van der Waals surface area contributed by atoms with Gasteiger partial charge in [0.1, 0.15) is 0 Å². The van der Waals surface area contributed by atoms with Gasteiger partial charge in [0.15, 0.2) is 0 Å². The van der Waals surface area contributed by atoms with Gasteiger partial charge in [-0.25, -0.2) is 0 Å². The number of rotatable bonds is 0. The molecule has 0 spiro atoms. The first-order chi connectivity index (χ1) is 10.2. The lowest BCUT2D eigenvalue weighted by Gasteiger charge is -2.15. The van der Waals surface area contributed by atoms with Gasteiger partial charge >= 0.3 is 0 Å². The zero-order valence-corrected chi connectivity index (χ0v) is 17.9. The summed E-state index contributed by atoms with van der Waals surface area (Å²) in [7, 11) is 0. The molecule has 0 atom stereocenters. The molecule has 2 heteroatoms. The minimum Gasteiger partial charge on any atom is -0.152 e. The fourth-order valence-corrected chi connectivity index (χ4v) is 3.09.